The molecule has 35 heavy (non-hydrogen) atoms. The first kappa shape index (κ1) is 26.1. The fourth-order valence-corrected chi connectivity index (χ4v) is 3.69. The third-order valence-corrected chi connectivity index (χ3v) is 5.66. The molecule has 0 saturated heterocycles. The van der Waals surface area contributed by atoms with Crippen molar-refractivity contribution in [1.29, 1.82) is 0 Å². The molecule has 2 atom stereocenters. The molecule has 6 nitrogen and oxygen atoms in total. The van der Waals surface area contributed by atoms with Gasteiger partial charge in [-0.3, -0.25) is 4.79 Å². The zero-order valence-corrected chi connectivity index (χ0v) is 19.8. The minimum atomic E-state index is -1.38. The van der Waals surface area contributed by atoms with Gasteiger partial charge in [-0.05, 0) is 53.4 Å². The monoisotopic (exact) mass is 486 g/mol. The van der Waals surface area contributed by atoms with Gasteiger partial charge < -0.3 is 24.4 Å². The molecule has 0 aliphatic carbocycles. The van der Waals surface area contributed by atoms with Gasteiger partial charge in [0.15, 0.2) is 11.6 Å². The summed E-state index contributed by atoms with van der Waals surface area (Å²) in [5.74, 6) is -1.53. The molecule has 0 unspecified atom stereocenters. The zero-order chi connectivity index (χ0) is 25.5. The number of aliphatic hydroxyl groups excluding tert-OH is 2. The van der Waals surface area contributed by atoms with E-state index in [0.29, 0.717) is 28.9 Å². The first-order valence-electron chi connectivity index (χ1n) is 11.1. The summed E-state index contributed by atoms with van der Waals surface area (Å²) < 4.78 is 44.9. The fourth-order valence-electron chi connectivity index (χ4n) is 3.69. The van der Waals surface area contributed by atoms with Crippen molar-refractivity contribution in [3.63, 3.8) is 0 Å². The number of carbonyl (C=O) groups excluding carboxylic acids is 1. The molecule has 186 valence electrons. The summed E-state index contributed by atoms with van der Waals surface area (Å²) in [6.07, 6.45) is -2.23. The Balaban J connectivity index is 1.87. The van der Waals surface area contributed by atoms with Crippen molar-refractivity contribution in [2.45, 2.75) is 38.6 Å². The van der Waals surface area contributed by atoms with E-state index in [0.717, 1.165) is 0 Å². The van der Waals surface area contributed by atoms with Crippen molar-refractivity contribution in [2.75, 3.05) is 14.2 Å². The number of rotatable bonds is 10. The summed E-state index contributed by atoms with van der Waals surface area (Å²) in [5.41, 5.74) is 1.85. The predicted molar refractivity (Wildman–Crippen MR) is 126 cm³/mol. The van der Waals surface area contributed by atoms with Crippen LogP contribution in [0.2, 0.25) is 0 Å². The lowest BCUT2D eigenvalue weighted by molar-refractivity contribution is -0.142. The van der Waals surface area contributed by atoms with Gasteiger partial charge in [0.05, 0.1) is 32.8 Å². The van der Waals surface area contributed by atoms with Gasteiger partial charge in [0.25, 0.3) is 0 Å². The second-order valence-electron chi connectivity index (χ2n) is 7.94. The third-order valence-electron chi connectivity index (χ3n) is 5.66. The molecule has 0 fully saturated rings. The highest BCUT2D eigenvalue weighted by molar-refractivity contribution is 5.71. The molecule has 0 aromatic heterocycles. The van der Waals surface area contributed by atoms with E-state index in [1.165, 1.54) is 44.6 Å². The Hall–Kier alpha value is -3.49. The normalized spacial score (nSPS) is 12.7. The van der Waals surface area contributed by atoms with E-state index < -0.39 is 36.2 Å². The van der Waals surface area contributed by atoms with Crippen LogP contribution in [0.5, 0.6) is 11.5 Å². The number of methoxy groups -OCH3 is 2. The van der Waals surface area contributed by atoms with Crippen molar-refractivity contribution in [2.24, 2.45) is 0 Å². The summed E-state index contributed by atoms with van der Waals surface area (Å²) in [6, 6.07) is 13.7. The molecule has 0 heterocycles. The van der Waals surface area contributed by atoms with Crippen LogP contribution in [0.15, 0.2) is 54.6 Å². The summed E-state index contributed by atoms with van der Waals surface area (Å²) in [4.78, 5) is 11.4. The Morgan fingerprint density at radius 3 is 2.40 bits per heavy atom. The first-order valence-corrected chi connectivity index (χ1v) is 11.1. The second kappa shape index (κ2) is 11.8. The van der Waals surface area contributed by atoms with E-state index in [2.05, 4.69) is 4.74 Å². The average Bonchev–Trinajstić information content (AvgIpc) is 2.87. The molecular formula is C27H28F2O6. The summed E-state index contributed by atoms with van der Waals surface area (Å²) in [7, 11) is 2.67. The van der Waals surface area contributed by atoms with Crippen LogP contribution >= 0.6 is 0 Å². The van der Waals surface area contributed by atoms with Gasteiger partial charge in [0.1, 0.15) is 18.2 Å². The maximum Gasteiger partial charge on any atom is 0.308 e. The van der Waals surface area contributed by atoms with E-state index >= 15 is 0 Å². The van der Waals surface area contributed by atoms with Crippen molar-refractivity contribution in [3.8, 4) is 22.6 Å². The second-order valence-corrected chi connectivity index (χ2v) is 7.94. The lowest BCUT2D eigenvalue weighted by Crippen LogP contribution is -2.10. The molecule has 0 aliphatic heterocycles. The number of aliphatic hydroxyl groups is 2. The standard InChI is InChI=1S/C27H28F2O6/c1-4-23(30)21-12-16(8-10-18(21)20-13-17(33-2)9-11-22(20)28)15-35-25-7-5-6-19(27(25)29)24(31)14-26(32)34-3/h5-13,23-24,30-31H,4,14-15H2,1-3H3/t23-,24+/m0/s1. The molecule has 0 saturated carbocycles. The molecule has 2 N–H and O–H groups in total. The maximum absolute atomic E-state index is 14.9. The first-order chi connectivity index (χ1) is 16.8. The molecule has 3 aromatic rings. The van der Waals surface area contributed by atoms with Gasteiger partial charge >= 0.3 is 5.97 Å². The van der Waals surface area contributed by atoms with Crippen LogP contribution in [0, 0.1) is 11.6 Å². The number of hydrogen-bond acceptors (Lipinski definition) is 6. The molecule has 3 rings (SSSR count). The highest BCUT2D eigenvalue weighted by atomic mass is 19.1. The van der Waals surface area contributed by atoms with E-state index in [1.807, 2.05) is 0 Å². The maximum atomic E-state index is 14.9. The Bertz CT molecular complexity index is 1180. The molecule has 3 aromatic carbocycles. The Morgan fingerprint density at radius 2 is 1.71 bits per heavy atom. The van der Waals surface area contributed by atoms with Crippen molar-refractivity contribution in [3.05, 3.63) is 82.9 Å². The van der Waals surface area contributed by atoms with Gasteiger partial charge in [0, 0.05) is 11.1 Å². The molecule has 0 aliphatic rings. The molecule has 0 spiro atoms. The Kier molecular flexibility index (Phi) is 8.78. The number of ether oxygens (including phenoxy) is 3. The molecule has 0 bridgehead atoms. The molecule has 0 radical (unpaired) electrons. The van der Waals surface area contributed by atoms with E-state index in [9.17, 15) is 23.8 Å². The minimum Gasteiger partial charge on any atom is -0.497 e. The summed E-state index contributed by atoms with van der Waals surface area (Å²) in [5, 5.41) is 20.8. The van der Waals surface area contributed by atoms with Crippen LogP contribution in [0.25, 0.3) is 11.1 Å². The van der Waals surface area contributed by atoms with Gasteiger partial charge in [-0.1, -0.05) is 31.2 Å². The lowest BCUT2D eigenvalue weighted by atomic mass is 9.93. The van der Waals surface area contributed by atoms with Gasteiger partial charge in [-0.25, -0.2) is 8.78 Å². The van der Waals surface area contributed by atoms with Gasteiger partial charge in [-0.15, -0.1) is 0 Å². The van der Waals surface area contributed by atoms with Crippen molar-refractivity contribution < 1.29 is 38.0 Å². The number of hydrogen-bond donors (Lipinski definition) is 2. The predicted octanol–water partition coefficient (Wildman–Crippen LogP) is 5.26. The van der Waals surface area contributed by atoms with Crippen molar-refractivity contribution >= 4 is 5.97 Å². The number of carbonyl (C=O) groups is 1. The molecule has 0 amide bonds. The summed E-state index contributed by atoms with van der Waals surface area (Å²) >= 11 is 0. The van der Waals surface area contributed by atoms with Crippen LogP contribution in [0.3, 0.4) is 0 Å². The number of halogens is 2. The zero-order valence-electron chi connectivity index (χ0n) is 19.8. The minimum absolute atomic E-state index is 0.0439. The lowest BCUT2D eigenvalue weighted by Gasteiger charge is -2.18. The average molecular weight is 487 g/mol. The van der Waals surface area contributed by atoms with Crippen LogP contribution in [-0.2, 0) is 16.1 Å². The highest BCUT2D eigenvalue weighted by Crippen LogP contribution is 2.35. The van der Waals surface area contributed by atoms with Crippen LogP contribution in [-0.4, -0.2) is 30.4 Å². The Morgan fingerprint density at radius 1 is 0.943 bits per heavy atom. The molecule has 8 heteroatoms. The van der Waals surface area contributed by atoms with Crippen LogP contribution < -0.4 is 9.47 Å². The summed E-state index contributed by atoms with van der Waals surface area (Å²) in [6.45, 7) is 1.76. The SMILES string of the molecule is CC[C@H](O)c1cc(COc2cccc([C@H](O)CC(=O)OC)c2F)ccc1-c1cc(OC)ccc1F. The largest absolute Gasteiger partial charge is 0.497 e. The van der Waals surface area contributed by atoms with E-state index in [-0.39, 0.29) is 23.5 Å². The van der Waals surface area contributed by atoms with Gasteiger partial charge in [-0.2, -0.15) is 0 Å². The molecular weight excluding hydrogens is 458 g/mol. The topological polar surface area (TPSA) is 85.2 Å². The van der Waals surface area contributed by atoms with Crippen LogP contribution in [0.1, 0.15) is 48.7 Å². The quantitative estimate of drug-likeness (QED) is 0.381. The number of esters is 1. The van der Waals surface area contributed by atoms with E-state index in [1.54, 1.807) is 31.2 Å². The third kappa shape index (κ3) is 6.15. The fraction of sp³-hybridized carbons (Fsp3) is 0.296. The van der Waals surface area contributed by atoms with E-state index in [4.69, 9.17) is 9.47 Å². The smallest absolute Gasteiger partial charge is 0.308 e. The van der Waals surface area contributed by atoms with Gasteiger partial charge in [0.2, 0.25) is 0 Å². The van der Waals surface area contributed by atoms with Crippen molar-refractivity contribution in [1.82, 2.24) is 0 Å². The highest BCUT2D eigenvalue weighted by Gasteiger charge is 2.21. The Labute approximate surface area is 202 Å². The van der Waals surface area contributed by atoms with Crippen LogP contribution in [0.4, 0.5) is 8.78 Å². The number of benzene rings is 3.